The lowest BCUT2D eigenvalue weighted by Gasteiger charge is -2.07. The number of halogens is 1. The van der Waals surface area contributed by atoms with E-state index >= 15 is 0 Å². The van der Waals surface area contributed by atoms with E-state index in [4.69, 9.17) is 20.8 Å². The molecule has 1 heterocycles. The van der Waals surface area contributed by atoms with Crippen molar-refractivity contribution >= 4 is 28.5 Å². The molecule has 100 valence electrons. The van der Waals surface area contributed by atoms with Gasteiger partial charge in [0.2, 0.25) is 0 Å². The first-order valence-corrected chi connectivity index (χ1v) is 6.38. The van der Waals surface area contributed by atoms with Crippen LogP contribution in [0, 0.1) is 0 Å². The van der Waals surface area contributed by atoms with Crippen molar-refractivity contribution in [1.29, 1.82) is 0 Å². The Hall–Kier alpha value is -1.81. The van der Waals surface area contributed by atoms with Gasteiger partial charge in [-0.2, -0.15) is 0 Å². The molecule has 19 heavy (non-hydrogen) atoms. The molecule has 0 N–H and O–H groups in total. The van der Waals surface area contributed by atoms with E-state index in [1.54, 1.807) is 32.0 Å². The highest BCUT2D eigenvalue weighted by Crippen LogP contribution is 2.17. The van der Waals surface area contributed by atoms with Gasteiger partial charge in [-0.1, -0.05) is 6.07 Å². The predicted molar refractivity (Wildman–Crippen MR) is 72.6 cm³/mol. The number of carbonyl (C=O) groups excluding carboxylic acids is 1. The van der Waals surface area contributed by atoms with Gasteiger partial charge >= 0.3 is 11.6 Å². The first kappa shape index (κ1) is 13.6. The number of hydrogen-bond acceptors (Lipinski definition) is 4. The van der Waals surface area contributed by atoms with Crippen molar-refractivity contribution in [2.24, 2.45) is 0 Å². The smallest absolute Gasteiger partial charge is 0.351 e. The third kappa shape index (κ3) is 2.96. The second kappa shape index (κ2) is 5.45. The van der Waals surface area contributed by atoms with Gasteiger partial charge in [-0.05, 0) is 37.6 Å². The van der Waals surface area contributed by atoms with Crippen LogP contribution in [0.15, 0.2) is 33.5 Å². The molecule has 0 bridgehead atoms. The molecule has 0 amide bonds. The van der Waals surface area contributed by atoms with Crippen LogP contribution in [-0.2, 0) is 10.6 Å². The monoisotopic (exact) mass is 280 g/mol. The normalized spacial score (nSPS) is 10.9. The largest absolute Gasteiger partial charge is 0.459 e. The van der Waals surface area contributed by atoms with E-state index in [0.29, 0.717) is 16.8 Å². The van der Waals surface area contributed by atoms with E-state index in [1.165, 1.54) is 6.07 Å². The molecule has 0 aliphatic carbocycles. The number of benzene rings is 1. The molecule has 2 aromatic rings. The molecular weight excluding hydrogens is 268 g/mol. The van der Waals surface area contributed by atoms with Crippen LogP contribution in [0.3, 0.4) is 0 Å². The fourth-order valence-corrected chi connectivity index (χ4v) is 1.84. The zero-order valence-corrected chi connectivity index (χ0v) is 11.4. The molecule has 1 aromatic carbocycles. The molecule has 0 atom stereocenters. The lowest BCUT2D eigenvalue weighted by Crippen LogP contribution is -2.19. The summed E-state index contributed by atoms with van der Waals surface area (Å²) in [5.74, 6) is -0.331. The van der Waals surface area contributed by atoms with Crippen molar-refractivity contribution < 1.29 is 13.9 Å². The third-order valence-electron chi connectivity index (χ3n) is 2.51. The molecule has 5 heteroatoms. The van der Waals surface area contributed by atoms with Gasteiger partial charge in [-0.15, -0.1) is 11.6 Å². The van der Waals surface area contributed by atoms with Crippen molar-refractivity contribution in [3.63, 3.8) is 0 Å². The summed E-state index contributed by atoms with van der Waals surface area (Å²) in [7, 11) is 0. The highest BCUT2D eigenvalue weighted by molar-refractivity contribution is 6.17. The summed E-state index contributed by atoms with van der Waals surface area (Å²) in [6.45, 7) is 3.43. The first-order valence-electron chi connectivity index (χ1n) is 5.85. The maximum Gasteiger partial charge on any atom is 0.351 e. The number of ether oxygens (including phenoxy) is 1. The summed E-state index contributed by atoms with van der Waals surface area (Å²) in [6.07, 6.45) is -0.295. The minimum atomic E-state index is -0.697. The SMILES string of the molecule is CC(C)OC(=O)c1cc2cc(CCl)ccc2oc1=O. The molecule has 1 aromatic heterocycles. The Kier molecular flexibility index (Phi) is 3.90. The number of esters is 1. The van der Waals surface area contributed by atoms with Crippen molar-refractivity contribution in [3.05, 3.63) is 45.8 Å². The second-order valence-electron chi connectivity index (χ2n) is 4.41. The first-order chi connectivity index (χ1) is 9.01. The lowest BCUT2D eigenvalue weighted by atomic mass is 10.1. The van der Waals surface area contributed by atoms with E-state index in [1.807, 2.05) is 0 Å². The highest BCUT2D eigenvalue weighted by atomic mass is 35.5. The maximum atomic E-state index is 11.8. The van der Waals surface area contributed by atoms with Gasteiger partial charge < -0.3 is 9.15 Å². The summed E-state index contributed by atoms with van der Waals surface area (Å²) in [5.41, 5.74) is 0.496. The molecule has 0 aliphatic heterocycles. The zero-order chi connectivity index (χ0) is 14.0. The molecule has 0 unspecified atom stereocenters. The van der Waals surface area contributed by atoms with Crippen LogP contribution in [0.5, 0.6) is 0 Å². The Morgan fingerprint density at radius 2 is 2.11 bits per heavy atom. The fraction of sp³-hybridized carbons (Fsp3) is 0.286. The number of fused-ring (bicyclic) bond motifs is 1. The van der Waals surface area contributed by atoms with Crippen molar-refractivity contribution in [2.75, 3.05) is 0 Å². The zero-order valence-electron chi connectivity index (χ0n) is 10.6. The van der Waals surface area contributed by atoms with E-state index in [0.717, 1.165) is 5.56 Å². The molecular formula is C14H13ClO4. The van der Waals surface area contributed by atoms with Gasteiger partial charge in [0.15, 0.2) is 0 Å². The second-order valence-corrected chi connectivity index (χ2v) is 4.67. The minimum absolute atomic E-state index is 0.104. The average molecular weight is 281 g/mol. The molecule has 0 saturated heterocycles. The topological polar surface area (TPSA) is 56.5 Å². The van der Waals surface area contributed by atoms with E-state index < -0.39 is 11.6 Å². The molecule has 0 aliphatic rings. The van der Waals surface area contributed by atoms with Gasteiger partial charge in [0.25, 0.3) is 0 Å². The fourth-order valence-electron chi connectivity index (χ4n) is 1.68. The van der Waals surface area contributed by atoms with Gasteiger partial charge in [-0.3, -0.25) is 0 Å². The summed E-state index contributed by atoms with van der Waals surface area (Å²) in [4.78, 5) is 23.5. The van der Waals surface area contributed by atoms with Crippen molar-refractivity contribution in [2.45, 2.75) is 25.8 Å². The molecule has 0 saturated carbocycles. The van der Waals surface area contributed by atoms with Crippen LogP contribution >= 0.6 is 11.6 Å². The van der Waals surface area contributed by atoms with Crippen molar-refractivity contribution in [3.8, 4) is 0 Å². The number of hydrogen-bond donors (Lipinski definition) is 0. The highest BCUT2D eigenvalue weighted by Gasteiger charge is 2.16. The Labute approximate surface area is 114 Å². The Balaban J connectivity index is 2.53. The number of carbonyl (C=O) groups is 1. The minimum Gasteiger partial charge on any atom is -0.459 e. The predicted octanol–water partition coefficient (Wildman–Crippen LogP) is 3.10. The quantitative estimate of drug-likeness (QED) is 0.492. The molecule has 0 fully saturated rings. The molecule has 2 rings (SSSR count). The number of rotatable bonds is 3. The van der Waals surface area contributed by atoms with Crippen LogP contribution in [0.25, 0.3) is 11.0 Å². The third-order valence-corrected chi connectivity index (χ3v) is 2.82. The summed E-state index contributed by atoms with van der Waals surface area (Å²) >= 11 is 5.75. The van der Waals surface area contributed by atoms with Gasteiger partial charge in [0.1, 0.15) is 11.1 Å². The molecule has 4 nitrogen and oxygen atoms in total. The van der Waals surface area contributed by atoms with Crippen LogP contribution in [0.2, 0.25) is 0 Å². The Morgan fingerprint density at radius 3 is 2.74 bits per heavy atom. The van der Waals surface area contributed by atoms with Crippen LogP contribution in [0.4, 0.5) is 0 Å². The van der Waals surface area contributed by atoms with Crippen LogP contribution in [-0.4, -0.2) is 12.1 Å². The Morgan fingerprint density at radius 1 is 1.37 bits per heavy atom. The van der Waals surface area contributed by atoms with Crippen LogP contribution < -0.4 is 5.63 Å². The van der Waals surface area contributed by atoms with Crippen LogP contribution in [0.1, 0.15) is 29.8 Å². The van der Waals surface area contributed by atoms with Gasteiger partial charge in [0, 0.05) is 11.3 Å². The number of alkyl halides is 1. The van der Waals surface area contributed by atoms with E-state index in [-0.39, 0.29) is 11.7 Å². The lowest BCUT2D eigenvalue weighted by molar-refractivity contribution is 0.0373. The maximum absolute atomic E-state index is 11.8. The van der Waals surface area contributed by atoms with E-state index in [2.05, 4.69) is 0 Å². The Bertz CT molecular complexity index is 673. The van der Waals surface area contributed by atoms with Gasteiger partial charge in [-0.25, -0.2) is 9.59 Å². The van der Waals surface area contributed by atoms with Crippen molar-refractivity contribution in [1.82, 2.24) is 0 Å². The molecule has 0 spiro atoms. The van der Waals surface area contributed by atoms with E-state index in [9.17, 15) is 9.59 Å². The standard InChI is InChI=1S/C14H13ClO4/c1-8(2)18-13(16)11-6-10-5-9(7-15)3-4-12(10)19-14(11)17/h3-6,8H,7H2,1-2H3. The summed E-state index contributed by atoms with van der Waals surface area (Å²) in [5, 5.41) is 0.647. The van der Waals surface area contributed by atoms with Gasteiger partial charge in [0.05, 0.1) is 6.10 Å². The summed E-state index contributed by atoms with van der Waals surface area (Å²) in [6, 6.07) is 6.68. The molecule has 0 radical (unpaired) electrons. The summed E-state index contributed by atoms with van der Waals surface area (Å²) < 4.78 is 10.1. The average Bonchev–Trinajstić information content (AvgIpc) is 2.36.